The van der Waals surface area contributed by atoms with Crippen LogP contribution in [0.5, 0.6) is 0 Å². The molecule has 0 aromatic carbocycles. The molecule has 0 unspecified atom stereocenters. The average Bonchev–Trinajstić information content (AvgIpc) is 2.21. The van der Waals surface area contributed by atoms with E-state index < -0.39 is 78.0 Å². The second-order valence-electron chi connectivity index (χ2n) is 2.76. The summed E-state index contributed by atoms with van der Waals surface area (Å²) in [6, 6.07) is 0. The maximum atomic E-state index is 5.59. The lowest BCUT2D eigenvalue weighted by Crippen LogP contribution is -2.21. The van der Waals surface area contributed by atoms with Crippen molar-refractivity contribution in [2.24, 2.45) is 0 Å². The first-order valence-corrected chi connectivity index (χ1v) is 12.5. The maximum Gasteiger partial charge on any atom is 0.590 e. The molecular formula is C3H14Al6O5. The highest BCUT2D eigenvalue weighted by Gasteiger charge is 2.11. The van der Waals surface area contributed by atoms with Gasteiger partial charge in [0.05, 0.1) is 0 Å². The van der Waals surface area contributed by atoms with E-state index in [2.05, 4.69) is 12.7 Å². The van der Waals surface area contributed by atoms with Gasteiger partial charge in [-0.1, -0.05) is 18.0 Å². The smallest absolute Gasteiger partial charge is 0.590 e. The zero-order valence-electron chi connectivity index (χ0n) is 9.15. The molecule has 0 heterocycles. The van der Waals surface area contributed by atoms with Gasteiger partial charge in [0, 0.05) is 0 Å². The quantitative estimate of drug-likeness (QED) is 0.324. The molecule has 74 valence electrons. The van der Waals surface area contributed by atoms with Crippen molar-refractivity contribution in [3.8, 4) is 0 Å². The van der Waals surface area contributed by atoms with Crippen LogP contribution in [-0.4, -0.2) is 94.7 Å². The van der Waals surface area contributed by atoms with Crippen molar-refractivity contribution in [2.45, 2.75) is 18.0 Å². The summed E-state index contributed by atoms with van der Waals surface area (Å²) >= 11 is -3.08. The van der Waals surface area contributed by atoms with Crippen LogP contribution < -0.4 is 0 Å². The van der Waals surface area contributed by atoms with Gasteiger partial charge in [0.15, 0.2) is 0 Å². The van der Waals surface area contributed by atoms with Gasteiger partial charge in [0.1, 0.15) is 0 Å². The Morgan fingerprint density at radius 3 is 2.21 bits per heavy atom. The van der Waals surface area contributed by atoms with E-state index in [4.69, 9.17) is 14.2 Å². The second-order valence-corrected chi connectivity index (χ2v) is 14.7. The lowest BCUT2D eigenvalue weighted by molar-refractivity contribution is 0.388. The second kappa shape index (κ2) is 14.1. The fourth-order valence-corrected chi connectivity index (χ4v) is 9.76. The molecule has 0 spiro atoms. The van der Waals surface area contributed by atoms with E-state index in [0.717, 1.165) is 16.6 Å². The summed E-state index contributed by atoms with van der Waals surface area (Å²) in [5.74, 6) is 2.20. The lowest BCUT2D eigenvalue weighted by Gasteiger charge is -2.08. The van der Waals surface area contributed by atoms with Gasteiger partial charge in [-0.15, -0.1) is 0 Å². The first-order valence-electron chi connectivity index (χ1n) is 4.65. The lowest BCUT2D eigenvalue weighted by atomic mass is 11.0. The van der Waals surface area contributed by atoms with E-state index in [9.17, 15) is 0 Å². The summed E-state index contributed by atoms with van der Waals surface area (Å²) < 4.78 is 26.5. The van der Waals surface area contributed by atoms with Gasteiger partial charge in [0.2, 0.25) is 0 Å². The summed E-state index contributed by atoms with van der Waals surface area (Å²) in [5, 5.41) is 1.18. The molecule has 0 saturated carbocycles. The Kier molecular flexibility index (Phi) is 17.1. The molecule has 11 heteroatoms. The van der Waals surface area contributed by atoms with Crippen LogP contribution in [0.4, 0.5) is 0 Å². The normalized spacial score (nSPS) is 9.29. The van der Waals surface area contributed by atoms with Crippen LogP contribution in [0.1, 0.15) is 6.92 Å². The largest absolute Gasteiger partial charge is 0.623 e. The average molecular weight is 292 g/mol. The number of hydrogen-bond donors (Lipinski definition) is 0. The van der Waals surface area contributed by atoms with Crippen LogP contribution in [0.2, 0.25) is 11.1 Å². The Bertz CT molecular complexity index is 118. The zero-order chi connectivity index (χ0) is 10.6. The molecule has 0 atom stereocenters. The highest BCUT2D eigenvalue weighted by molar-refractivity contribution is 6.57. The van der Waals surface area contributed by atoms with E-state index in [0.29, 0.717) is 0 Å². The highest BCUT2D eigenvalue weighted by Crippen LogP contribution is 1.90. The van der Waals surface area contributed by atoms with Crippen LogP contribution >= 0.6 is 0 Å². The SMILES string of the molecule is C[CH2][Al]([CH3])[O][AlH][O][AlH][O][AlH][O][AlH][O][AlH2]. The van der Waals surface area contributed by atoms with Crippen LogP contribution in [0, 0.1) is 0 Å². The van der Waals surface area contributed by atoms with Crippen molar-refractivity contribution < 1.29 is 14.2 Å². The molecule has 0 aromatic heterocycles. The molecule has 0 aliphatic heterocycles. The summed E-state index contributed by atoms with van der Waals surface area (Å²) in [6.45, 7) is 2.17. The topological polar surface area (TPSA) is 46.2 Å². The van der Waals surface area contributed by atoms with Gasteiger partial charge in [-0.25, -0.2) is 0 Å². The summed E-state index contributed by atoms with van der Waals surface area (Å²) in [5.41, 5.74) is 0. The molecule has 14 heavy (non-hydrogen) atoms. The van der Waals surface area contributed by atoms with Crippen molar-refractivity contribution >= 4 is 94.7 Å². The molecule has 0 radical (unpaired) electrons. The van der Waals surface area contributed by atoms with E-state index in [-0.39, 0.29) is 0 Å². The first kappa shape index (κ1) is 17.0. The fourth-order valence-electron chi connectivity index (χ4n) is 0.585. The van der Waals surface area contributed by atoms with Crippen molar-refractivity contribution in [1.82, 2.24) is 0 Å². The standard InChI is InChI=1S/C2H5.CH3.6Al.5O.6H/c1-2;;;;;;;;;;;;;;;;;;/h1H2,2H3;1H3;;;;;;;;;;;;;;;;;. The molecule has 0 aliphatic rings. The van der Waals surface area contributed by atoms with Crippen LogP contribution in [-0.2, 0) is 14.2 Å². The molecule has 0 N–H and O–H groups in total. The predicted molar refractivity (Wildman–Crippen MR) is 64.7 cm³/mol. The van der Waals surface area contributed by atoms with Crippen molar-refractivity contribution in [3.63, 3.8) is 0 Å². The van der Waals surface area contributed by atoms with Crippen LogP contribution in [0.25, 0.3) is 0 Å². The molecule has 0 aromatic rings. The molecule has 0 aliphatic carbocycles. The summed E-state index contributed by atoms with van der Waals surface area (Å²) in [7, 11) is 0. The molecule has 0 amide bonds. The van der Waals surface area contributed by atoms with Gasteiger partial charge < -0.3 is 14.2 Å². The van der Waals surface area contributed by atoms with Crippen LogP contribution in [0.15, 0.2) is 0 Å². The van der Waals surface area contributed by atoms with Crippen LogP contribution in [0.3, 0.4) is 0 Å². The summed E-state index contributed by atoms with van der Waals surface area (Å²) in [4.78, 5) is 0. The minimum absolute atomic E-state index is 0.682. The Balaban J connectivity index is 2.92. The van der Waals surface area contributed by atoms with E-state index in [1.54, 1.807) is 0 Å². The third-order valence-electron chi connectivity index (χ3n) is 1.55. The Labute approximate surface area is 125 Å². The number of rotatable bonds is 10. The third-order valence-corrected chi connectivity index (χ3v) is 10.5. The predicted octanol–water partition coefficient (Wildman–Crippen LogP) is -2.68. The Morgan fingerprint density at radius 1 is 1.07 bits per heavy atom. The fraction of sp³-hybridized carbons (Fsp3) is 1.00. The van der Waals surface area contributed by atoms with Gasteiger partial charge >= 0.3 is 94.7 Å². The minimum atomic E-state index is -0.876. The monoisotopic (exact) mass is 292 g/mol. The molecule has 5 nitrogen and oxygen atoms in total. The van der Waals surface area contributed by atoms with Gasteiger partial charge in [-0.2, -0.15) is 0 Å². The maximum absolute atomic E-state index is 5.59. The zero-order valence-corrected chi connectivity index (χ0v) is 18.0. The van der Waals surface area contributed by atoms with E-state index in [1.165, 1.54) is 5.28 Å². The molecular weight excluding hydrogens is 278 g/mol. The van der Waals surface area contributed by atoms with Gasteiger partial charge in [0.25, 0.3) is 0 Å². The van der Waals surface area contributed by atoms with Crippen molar-refractivity contribution in [3.05, 3.63) is 0 Å². The van der Waals surface area contributed by atoms with Gasteiger partial charge in [-0.3, -0.25) is 0 Å². The molecule has 0 saturated heterocycles. The molecule has 0 fully saturated rings. The van der Waals surface area contributed by atoms with E-state index in [1.807, 2.05) is 0 Å². The molecule has 0 bridgehead atoms. The number of hydrogen-bond acceptors (Lipinski definition) is 5. The van der Waals surface area contributed by atoms with Crippen molar-refractivity contribution in [2.75, 3.05) is 0 Å². The summed E-state index contributed by atoms with van der Waals surface area (Å²) in [6.07, 6.45) is 0. The first-order chi connectivity index (χ1) is 6.81. The van der Waals surface area contributed by atoms with E-state index >= 15 is 0 Å². The highest BCUT2D eigenvalue weighted by atomic mass is 27.3. The van der Waals surface area contributed by atoms with Crippen molar-refractivity contribution in [1.29, 1.82) is 0 Å². The van der Waals surface area contributed by atoms with Gasteiger partial charge in [-0.05, 0) is 0 Å². The Hall–Kier alpha value is 2.99. The molecule has 0 rings (SSSR count). The minimum Gasteiger partial charge on any atom is -0.623 e. The Morgan fingerprint density at radius 2 is 1.64 bits per heavy atom. The third kappa shape index (κ3) is 13.1.